The Kier molecular flexibility index (Phi) is 21.3. The summed E-state index contributed by atoms with van der Waals surface area (Å²) < 4.78 is 14.5. The number of unbranched alkanes of at least 4 members (excludes halogenated alkanes) is 10. The van der Waals surface area contributed by atoms with Gasteiger partial charge in [0, 0.05) is 0 Å². The molecule has 6 heteroatoms. The maximum Gasteiger partial charge on any atom is 0.469 e. The van der Waals surface area contributed by atoms with Gasteiger partial charge >= 0.3 is 7.82 Å². The zero-order valence-electron chi connectivity index (χ0n) is 16.5. The fourth-order valence-electron chi connectivity index (χ4n) is 2.27. The molecule has 0 aliphatic rings. The Bertz CT molecular complexity index is 282. The van der Waals surface area contributed by atoms with E-state index >= 15 is 0 Å². The molecule has 0 aromatic carbocycles. The van der Waals surface area contributed by atoms with Crippen LogP contribution in [-0.4, -0.2) is 41.9 Å². The number of hydrogen-bond acceptors (Lipinski definition) is 3. The third-order valence-corrected chi connectivity index (χ3v) is 4.24. The first-order valence-electron chi connectivity index (χ1n) is 9.68. The monoisotopic (exact) mass is 367 g/mol. The van der Waals surface area contributed by atoms with Crippen LogP contribution in [0.3, 0.4) is 0 Å². The van der Waals surface area contributed by atoms with Crippen LogP contribution in [0.25, 0.3) is 0 Å². The highest BCUT2D eigenvalue weighted by atomic mass is 31.2. The van der Waals surface area contributed by atoms with Crippen LogP contribution in [0.2, 0.25) is 0 Å². The zero-order chi connectivity index (χ0) is 18.7. The highest BCUT2D eigenvalue weighted by Gasteiger charge is 2.12. The highest BCUT2D eigenvalue weighted by molar-refractivity contribution is 7.46. The van der Waals surface area contributed by atoms with Crippen LogP contribution in [0, 0.1) is 0 Å². The third-order valence-electron chi connectivity index (χ3n) is 3.72. The highest BCUT2D eigenvalue weighted by Crippen LogP contribution is 2.35. The maximum absolute atomic E-state index is 10.2. The van der Waals surface area contributed by atoms with E-state index < -0.39 is 7.82 Å². The topological polar surface area (TPSA) is 70.0 Å². The van der Waals surface area contributed by atoms with Crippen molar-refractivity contribution in [2.75, 3.05) is 27.2 Å². The number of hydrogen-bond donors (Lipinski definition) is 2. The van der Waals surface area contributed by atoms with Crippen molar-refractivity contribution in [2.45, 2.75) is 90.9 Å². The summed E-state index contributed by atoms with van der Waals surface area (Å²) in [7, 11) is 0.0627. The lowest BCUT2D eigenvalue weighted by molar-refractivity contribution is 0.193. The quantitative estimate of drug-likeness (QED) is 0.301. The van der Waals surface area contributed by atoms with Gasteiger partial charge in [-0.15, -0.1) is 0 Å². The van der Waals surface area contributed by atoms with Gasteiger partial charge in [0.25, 0.3) is 0 Å². The molecule has 0 aromatic rings. The molecule has 0 aromatic heterocycles. The van der Waals surface area contributed by atoms with E-state index in [1.54, 1.807) is 0 Å². The number of phosphoric ester groups is 1. The standard InChI is InChI=1S/C10H23N.C8H19O4P/c1-4-5-6-7-8-9-10-11(2)3;1-2-3-4-5-6-7-8-12-13(9,10)11/h4-10H2,1-3H3;2-8H2,1H3,(H2,9,10,11). The Hall–Kier alpha value is 0.0700. The second kappa shape index (κ2) is 19.4. The Morgan fingerprint density at radius 3 is 1.58 bits per heavy atom. The second-order valence-electron chi connectivity index (χ2n) is 6.66. The van der Waals surface area contributed by atoms with Crippen molar-refractivity contribution in [1.29, 1.82) is 0 Å². The summed E-state index contributed by atoms with van der Waals surface area (Å²) in [5, 5.41) is 0. The van der Waals surface area contributed by atoms with Crippen molar-refractivity contribution in [3.8, 4) is 0 Å². The van der Waals surface area contributed by atoms with E-state index in [0.717, 1.165) is 19.3 Å². The first-order valence-corrected chi connectivity index (χ1v) is 11.2. The lowest BCUT2D eigenvalue weighted by Crippen LogP contribution is -2.12. The number of nitrogens with zero attached hydrogens (tertiary/aromatic N) is 1. The van der Waals surface area contributed by atoms with Crippen LogP contribution >= 0.6 is 7.82 Å². The minimum absolute atomic E-state index is 0.163. The average Bonchev–Trinajstić information content (AvgIpc) is 2.49. The molecular formula is C18H42NO4P. The normalized spacial score (nSPS) is 11.5. The molecule has 0 radical (unpaired) electrons. The first kappa shape index (κ1) is 26.3. The van der Waals surface area contributed by atoms with Gasteiger partial charge in [0.1, 0.15) is 0 Å². The van der Waals surface area contributed by atoms with Crippen molar-refractivity contribution in [3.05, 3.63) is 0 Å². The van der Waals surface area contributed by atoms with E-state index in [0.29, 0.717) is 0 Å². The molecule has 0 aliphatic carbocycles. The molecule has 0 spiro atoms. The smallest absolute Gasteiger partial charge is 0.309 e. The molecule has 0 saturated carbocycles. The molecule has 24 heavy (non-hydrogen) atoms. The van der Waals surface area contributed by atoms with Gasteiger partial charge in [-0.25, -0.2) is 4.57 Å². The maximum atomic E-state index is 10.2. The summed E-state index contributed by atoms with van der Waals surface area (Å²) >= 11 is 0. The van der Waals surface area contributed by atoms with Gasteiger partial charge in [0.15, 0.2) is 0 Å². The van der Waals surface area contributed by atoms with E-state index in [9.17, 15) is 4.57 Å². The van der Waals surface area contributed by atoms with Crippen molar-refractivity contribution in [2.24, 2.45) is 0 Å². The van der Waals surface area contributed by atoms with Crippen LogP contribution < -0.4 is 0 Å². The van der Waals surface area contributed by atoms with Crippen molar-refractivity contribution in [1.82, 2.24) is 4.90 Å². The van der Waals surface area contributed by atoms with Crippen LogP contribution in [0.5, 0.6) is 0 Å². The predicted octanol–water partition coefficient (Wildman–Crippen LogP) is 5.36. The van der Waals surface area contributed by atoms with Crippen LogP contribution in [0.1, 0.15) is 90.9 Å². The molecular weight excluding hydrogens is 325 g/mol. The molecule has 0 unspecified atom stereocenters. The van der Waals surface area contributed by atoms with E-state index in [4.69, 9.17) is 9.79 Å². The molecule has 0 aliphatic heterocycles. The number of phosphoric acid groups is 1. The van der Waals surface area contributed by atoms with Crippen molar-refractivity contribution in [3.63, 3.8) is 0 Å². The van der Waals surface area contributed by atoms with Gasteiger partial charge in [0.05, 0.1) is 6.61 Å². The van der Waals surface area contributed by atoms with Crippen molar-refractivity contribution >= 4 is 7.82 Å². The van der Waals surface area contributed by atoms with Crippen LogP contribution in [0.15, 0.2) is 0 Å². The van der Waals surface area contributed by atoms with Gasteiger partial charge in [0.2, 0.25) is 0 Å². The minimum atomic E-state index is -4.23. The summed E-state index contributed by atoms with van der Waals surface area (Å²) in [5.41, 5.74) is 0. The van der Waals surface area contributed by atoms with Gasteiger partial charge in [-0.05, 0) is 33.5 Å². The molecule has 148 valence electrons. The molecule has 0 atom stereocenters. The molecule has 2 N–H and O–H groups in total. The molecule has 0 saturated heterocycles. The Balaban J connectivity index is 0. The third kappa shape index (κ3) is 30.0. The van der Waals surface area contributed by atoms with Gasteiger partial charge in [-0.1, -0.05) is 78.1 Å². The lowest BCUT2D eigenvalue weighted by atomic mass is 10.1. The average molecular weight is 368 g/mol. The van der Waals surface area contributed by atoms with E-state index in [2.05, 4.69) is 37.4 Å². The second-order valence-corrected chi connectivity index (χ2v) is 7.90. The lowest BCUT2D eigenvalue weighted by Gasteiger charge is -2.08. The molecule has 0 heterocycles. The van der Waals surface area contributed by atoms with E-state index in [-0.39, 0.29) is 6.61 Å². The largest absolute Gasteiger partial charge is 0.469 e. The van der Waals surface area contributed by atoms with E-state index in [1.807, 2.05) is 0 Å². The van der Waals surface area contributed by atoms with Gasteiger partial charge in [-0.3, -0.25) is 4.52 Å². The van der Waals surface area contributed by atoms with Crippen LogP contribution in [-0.2, 0) is 9.09 Å². The molecule has 0 amide bonds. The predicted molar refractivity (Wildman–Crippen MR) is 103 cm³/mol. The van der Waals surface area contributed by atoms with Crippen molar-refractivity contribution < 1.29 is 18.9 Å². The summed E-state index contributed by atoms with van der Waals surface area (Å²) in [6.07, 6.45) is 14.9. The Labute approximate surface area is 150 Å². The summed E-state index contributed by atoms with van der Waals surface area (Å²) in [5.74, 6) is 0. The van der Waals surface area contributed by atoms with E-state index in [1.165, 1.54) is 64.3 Å². The zero-order valence-corrected chi connectivity index (χ0v) is 17.4. The fourth-order valence-corrected chi connectivity index (χ4v) is 2.64. The summed E-state index contributed by atoms with van der Waals surface area (Å²) in [6, 6.07) is 0. The minimum Gasteiger partial charge on any atom is -0.309 e. The first-order chi connectivity index (χ1) is 11.3. The molecule has 0 bridgehead atoms. The molecule has 5 nitrogen and oxygen atoms in total. The number of rotatable bonds is 15. The SMILES string of the molecule is CCCCCCCCN(C)C.CCCCCCCCOP(=O)(O)O. The van der Waals surface area contributed by atoms with Crippen LogP contribution in [0.4, 0.5) is 0 Å². The summed E-state index contributed by atoms with van der Waals surface area (Å²) in [4.78, 5) is 19.0. The molecule has 0 fully saturated rings. The summed E-state index contributed by atoms with van der Waals surface area (Å²) in [6.45, 7) is 5.83. The fraction of sp³-hybridized carbons (Fsp3) is 1.00. The molecule has 0 rings (SSSR count). The Morgan fingerprint density at radius 1 is 0.750 bits per heavy atom. The van der Waals surface area contributed by atoms with Gasteiger partial charge in [-0.2, -0.15) is 0 Å². The Morgan fingerprint density at radius 2 is 1.17 bits per heavy atom. The van der Waals surface area contributed by atoms with Gasteiger partial charge < -0.3 is 14.7 Å².